The number of amides is 1. The van der Waals surface area contributed by atoms with Gasteiger partial charge in [-0.15, -0.1) is 0 Å². The summed E-state index contributed by atoms with van der Waals surface area (Å²) in [5.74, 6) is 0.571. The number of aliphatic imine (C=N–C) groups is 1. The Morgan fingerprint density at radius 2 is 2.20 bits per heavy atom. The van der Waals surface area contributed by atoms with Crippen molar-refractivity contribution < 1.29 is 9.32 Å². The molecule has 0 saturated heterocycles. The highest BCUT2D eigenvalue weighted by Crippen LogP contribution is 1.99. The minimum Gasteiger partial charge on any atom is -0.364 e. The lowest BCUT2D eigenvalue weighted by atomic mass is 10.1. The fourth-order valence-electron chi connectivity index (χ4n) is 1.63. The van der Waals surface area contributed by atoms with Crippen molar-refractivity contribution in [2.75, 3.05) is 20.6 Å². The number of carbonyl (C=O) groups excluding carboxylic acids is 1. The number of guanidine groups is 1. The van der Waals surface area contributed by atoms with Crippen molar-refractivity contribution in [3.8, 4) is 0 Å². The number of carbonyl (C=O) groups is 1. The van der Waals surface area contributed by atoms with E-state index in [0.717, 1.165) is 5.69 Å². The van der Waals surface area contributed by atoms with E-state index in [4.69, 9.17) is 4.52 Å². The van der Waals surface area contributed by atoms with Crippen LogP contribution in [0.1, 0.15) is 26.5 Å². The van der Waals surface area contributed by atoms with Gasteiger partial charge in [-0.3, -0.25) is 9.79 Å². The van der Waals surface area contributed by atoms with E-state index >= 15 is 0 Å². The van der Waals surface area contributed by atoms with E-state index in [1.165, 1.54) is 6.26 Å². The summed E-state index contributed by atoms with van der Waals surface area (Å²) in [6.07, 6.45) is 1.51. The van der Waals surface area contributed by atoms with Crippen molar-refractivity contribution in [3.63, 3.8) is 0 Å². The van der Waals surface area contributed by atoms with Crippen LogP contribution >= 0.6 is 0 Å². The standard InChI is InChI=1S/C13H23N5O2/c1-13(2,3)16-11(19)9-18(5)12(14-4)15-8-10-6-7-20-17-10/h6-7H,8-9H2,1-5H3,(H,14,15)(H,16,19). The van der Waals surface area contributed by atoms with Crippen molar-refractivity contribution in [1.29, 1.82) is 0 Å². The molecule has 0 aromatic carbocycles. The minimum atomic E-state index is -0.240. The lowest BCUT2D eigenvalue weighted by Gasteiger charge is -2.25. The third-order valence-corrected chi connectivity index (χ3v) is 2.39. The summed E-state index contributed by atoms with van der Waals surface area (Å²) in [6.45, 7) is 6.57. The molecule has 7 heteroatoms. The van der Waals surface area contributed by atoms with Crippen molar-refractivity contribution in [1.82, 2.24) is 20.7 Å². The van der Waals surface area contributed by atoms with E-state index in [1.54, 1.807) is 25.1 Å². The Morgan fingerprint density at radius 3 is 2.70 bits per heavy atom. The van der Waals surface area contributed by atoms with Crippen LogP contribution in [0.4, 0.5) is 0 Å². The fourth-order valence-corrected chi connectivity index (χ4v) is 1.63. The van der Waals surface area contributed by atoms with Gasteiger partial charge in [-0.05, 0) is 20.8 Å². The van der Waals surface area contributed by atoms with Crippen molar-refractivity contribution >= 4 is 11.9 Å². The van der Waals surface area contributed by atoms with Gasteiger partial charge in [0.2, 0.25) is 5.91 Å². The van der Waals surface area contributed by atoms with Crippen LogP contribution in [0.3, 0.4) is 0 Å². The number of nitrogens with zero attached hydrogens (tertiary/aromatic N) is 3. The van der Waals surface area contributed by atoms with Crippen LogP contribution in [0.15, 0.2) is 21.8 Å². The minimum absolute atomic E-state index is 0.0515. The number of aromatic nitrogens is 1. The topological polar surface area (TPSA) is 82.8 Å². The van der Waals surface area contributed by atoms with Crippen LogP contribution in [0.2, 0.25) is 0 Å². The Labute approximate surface area is 119 Å². The molecule has 112 valence electrons. The molecule has 0 aliphatic carbocycles. The summed E-state index contributed by atoms with van der Waals surface area (Å²) < 4.78 is 4.75. The summed E-state index contributed by atoms with van der Waals surface area (Å²) >= 11 is 0. The molecule has 0 unspecified atom stereocenters. The van der Waals surface area contributed by atoms with Crippen LogP contribution in [0.5, 0.6) is 0 Å². The van der Waals surface area contributed by atoms with Gasteiger partial charge in [-0.1, -0.05) is 5.16 Å². The molecule has 7 nitrogen and oxygen atoms in total. The average Bonchev–Trinajstić information content (AvgIpc) is 2.79. The Kier molecular flexibility index (Phi) is 5.54. The first-order valence-corrected chi connectivity index (χ1v) is 6.44. The van der Waals surface area contributed by atoms with Crippen LogP contribution in [-0.4, -0.2) is 48.1 Å². The number of nitrogens with one attached hydrogen (secondary N) is 2. The zero-order chi connectivity index (χ0) is 15.2. The second-order valence-corrected chi connectivity index (χ2v) is 5.55. The maximum Gasteiger partial charge on any atom is 0.240 e. The Hall–Kier alpha value is -2.05. The fraction of sp³-hybridized carbons (Fsp3) is 0.615. The van der Waals surface area contributed by atoms with Gasteiger partial charge in [0.05, 0.1) is 13.1 Å². The summed E-state index contributed by atoms with van der Waals surface area (Å²) in [7, 11) is 3.48. The molecule has 1 aromatic heterocycles. The molecule has 1 aromatic rings. The summed E-state index contributed by atoms with van der Waals surface area (Å²) in [6, 6.07) is 1.77. The molecule has 20 heavy (non-hydrogen) atoms. The monoisotopic (exact) mass is 281 g/mol. The van der Waals surface area contributed by atoms with E-state index in [-0.39, 0.29) is 18.0 Å². The van der Waals surface area contributed by atoms with E-state index in [1.807, 2.05) is 20.8 Å². The molecule has 2 N–H and O–H groups in total. The normalized spacial score (nSPS) is 12.2. The first-order chi connectivity index (χ1) is 9.31. The Bertz CT molecular complexity index is 448. The van der Waals surface area contributed by atoms with Crippen molar-refractivity contribution in [2.45, 2.75) is 32.9 Å². The number of hydrogen-bond acceptors (Lipinski definition) is 4. The van der Waals surface area contributed by atoms with Gasteiger partial charge in [-0.2, -0.15) is 0 Å². The van der Waals surface area contributed by atoms with E-state index < -0.39 is 0 Å². The highest BCUT2D eigenvalue weighted by atomic mass is 16.5. The average molecular weight is 281 g/mol. The number of likely N-dealkylation sites (N-methyl/N-ethyl adjacent to an activating group) is 1. The van der Waals surface area contributed by atoms with Crippen LogP contribution in [0, 0.1) is 0 Å². The van der Waals surface area contributed by atoms with Gasteiger partial charge in [0.15, 0.2) is 5.96 Å². The highest BCUT2D eigenvalue weighted by molar-refractivity contribution is 5.86. The SMILES string of the molecule is CN=C(NCc1ccon1)N(C)CC(=O)NC(C)(C)C. The zero-order valence-electron chi connectivity index (χ0n) is 12.7. The smallest absolute Gasteiger partial charge is 0.240 e. The molecule has 0 radical (unpaired) electrons. The van der Waals surface area contributed by atoms with Crippen LogP contribution in [0.25, 0.3) is 0 Å². The maximum absolute atomic E-state index is 11.9. The Morgan fingerprint density at radius 1 is 1.50 bits per heavy atom. The van der Waals surface area contributed by atoms with Crippen LogP contribution in [-0.2, 0) is 11.3 Å². The lowest BCUT2D eigenvalue weighted by Crippen LogP contribution is -2.48. The second-order valence-electron chi connectivity index (χ2n) is 5.55. The molecule has 0 saturated carbocycles. The predicted molar refractivity (Wildman–Crippen MR) is 77.2 cm³/mol. The van der Waals surface area contributed by atoms with Crippen molar-refractivity contribution in [3.05, 3.63) is 18.0 Å². The molecule has 0 fully saturated rings. The maximum atomic E-state index is 11.9. The number of hydrogen-bond donors (Lipinski definition) is 2. The molecular formula is C13H23N5O2. The van der Waals surface area contributed by atoms with Gasteiger partial charge in [-0.25, -0.2) is 0 Å². The van der Waals surface area contributed by atoms with Gasteiger partial charge >= 0.3 is 0 Å². The van der Waals surface area contributed by atoms with Gasteiger partial charge < -0.3 is 20.1 Å². The quantitative estimate of drug-likeness (QED) is 0.623. The molecular weight excluding hydrogens is 258 g/mol. The van der Waals surface area contributed by atoms with E-state index in [9.17, 15) is 4.79 Å². The largest absolute Gasteiger partial charge is 0.364 e. The van der Waals surface area contributed by atoms with E-state index in [0.29, 0.717) is 12.5 Å². The molecule has 1 amide bonds. The lowest BCUT2D eigenvalue weighted by molar-refractivity contribution is -0.122. The molecule has 1 rings (SSSR count). The van der Waals surface area contributed by atoms with Gasteiger partial charge in [0, 0.05) is 25.7 Å². The summed E-state index contributed by atoms with van der Waals surface area (Å²) in [4.78, 5) is 17.7. The molecule has 0 bridgehead atoms. The zero-order valence-corrected chi connectivity index (χ0v) is 12.7. The first-order valence-electron chi connectivity index (χ1n) is 6.44. The summed E-state index contributed by atoms with van der Waals surface area (Å²) in [5, 5.41) is 9.82. The second kappa shape index (κ2) is 6.93. The van der Waals surface area contributed by atoms with Crippen LogP contribution < -0.4 is 10.6 Å². The molecule has 0 aliphatic heterocycles. The highest BCUT2D eigenvalue weighted by Gasteiger charge is 2.16. The van der Waals surface area contributed by atoms with Crippen molar-refractivity contribution in [2.24, 2.45) is 4.99 Å². The Balaban J connectivity index is 2.46. The molecule has 1 heterocycles. The summed E-state index contributed by atoms with van der Waals surface area (Å²) in [5.41, 5.74) is 0.536. The van der Waals surface area contributed by atoms with Gasteiger partial charge in [0.25, 0.3) is 0 Å². The predicted octanol–water partition coefficient (Wildman–Crippen LogP) is 0.597. The molecule has 0 spiro atoms. The van der Waals surface area contributed by atoms with Gasteiger partial charge in [0.1, 0.15) is 12.0 Å². The third kappa shape index (κ3) is 5.73. The first kappa shape index (κ1) is 16.0. The molecule has 0 atom stereocenters. The third-order valence-electron chi connectivity index (χ3n) is 2.39. The number of rotatable bonds is 4. The molecule has 0 aliphatic rings. The van der Waals surface area contributed by atoms with E-state index in [2.05, 4.69) is 20.8 Å².